The number of H-pyrrole nitrogens is 1. The van der Waals surface area contributed by atoms with Crippen molar-refractivity contribution in [3.8, 4) is 56.3 Å². The van der Waals surface area contributed by atoms with Gasteiger partial charge >= 0.3 is 17.3 Å². The number of hydrogen-bond acceptors (Lipinski definition) is 17. The Balaban J connectivity index is 0.000000277. The first-order valence-corrected chi connectivity index (χ1v) is 36.6. The molecule has 0 aliphatic carbocycles. The van der Waals surface area contributed by atoms with Crippen LogP contribution < -0.4 is 11.2 Å². The maximum atomic E-state index is 12.4. The van der Waals surface area contributed by atoms with Crippen molar-refractivity contribution in [3.05, 3.63) is 310 Å². The molecule has 0 radical (unpaired) electrons. The summed E-state index contributed by atoms with van der Waals surface area (Å²) in [4.78, 5) is 92.3. The minimum Gasteiger partial charge on any atom is -0.477 e. The number of aryl methyl sites for hydroxylation is 5. The summed E-state index contributed by atoms with van der Waals surface area (Å²) < 4.78 is 0. The first-order chi connectivity index (χ1) is 52.1. The Kier molecular flexibility index (Phi) is 37.2. The van der Waals surface area contributed by atoms with E-state index in [4.69, 9.17) is 138 Å². The zero-order valence-electron chi connectivity index (χ0n) is 60.3. The number of aromatic amines is 1. The zero-order chi connectivity index (χ0) is 82.7. The molecule has 34 heteroatoms. The van der Waals surface area contributed by atoms with Crippen LogP contribution in [0.1, 0.15) is 85.4 Å². The summed E-state index contributed by atoms with van der Waals surface area (Å²) in [5, 5.41) is 57.5. The number of nitro groups is 4. The van der Waals surface area contributed by atoms with Gasteiger partial charge in [-0.15, -0.1) is 0 Å². The van der Waals surface area contributed by atoms with Gasteiger partial charge in [0.05, 0.1) is 67.4 Å². The zero-order valence-corrected chi connectivity index (χ0v) is 68.6. The van der Waals surface area contributed by atoms with Crippen LogP contribution in [0.25, 0.3) is 67.2 Å². The second-order valence-corrected chi connectivity index (χ2v) is 26.2. The predicted molar refractivity (Wildman–Crippen MR) is 446 cm³/mol. The molecule has 7 aromatic heterocycles. The fourth-order valence-electron chi connectivity index (χ4n) is 9.53. The minimum atomic E-state index is -1.41. The summed E-state index contributed by atoms with van der Waals surface area (Å²) in [5.41, 5.74) is 14.7. The lowest BCUT2D eigenvalue weighted by molar-refractivity contribution is -0.385. The van der Waals surface area contributed by atoms with E-state index in [0.29, 0.717) is 107 Å². The number of carboxylic acid groups (broad SMARTS) is 1. The molecule has 0 saturated carbocycles. The molecule has 0 unspecified atom stereocenters. The number of nitrogens with one attached hydrogen (secondary N) is 1. The van der Waals surface area contributed by atoms with Crippen molar-refractivity contribution in [1.82, 2.24) is 34.9 Å². The molecule has 574 valence electrons. The number of fused-ring (bicyclic) bond motifs is 1. The van der Waals surface area contributed by atoms with E-state index in [-0.39, 0.29) is 55.3 Å². The number of aromatic carboxylic acids is 1. The molecule has 5 aromatic carbocycles. The van der Waals surface area contributed by atoms with E-state index in [0.717, 1.165) is 28.5 Å². The van der Waals surface area contributed by atoms with E-state index < -0.39 is 36.9 Å². The van der Waals surface area contributed by atoms with E-state index in [2.05, 4.69) is 34.9 Å². The molecule has 23 nitrogen and oxygen atoms in total. The van der Waals surface area contributed by atoms with Gasteiger partial charge in [-0.2, -0.15) is 0 Å². The molecule has 12 rings (SSSR count). The number of anilines is 1. The molecule has 12 aromatic rings. The van der Waals surface area contributed by atoms with Crippen LogP contribution in [0, 0.1) is 82.0 Å². The summed E-state index contributed by atoms with van der Waals surface area (Å²) in [6.45, 7) is 22.6. The Bertz CT molecular complexity index is 5280. The molecule has 110 heavy (non-hydrogen) atoms. The van der Waals surface area contributed by atoms with Gasteiger partial charge in [0.15, 0.2) is 11.1 Å². The molecule has 0 aliphatic rings. The van der Waals surface area contributed by atoms with Gasteiger partial charge in [-0.25, -0.2) is 24.7 Å². The maximum Gasteiger partial charge on any atom is 0.342 e. The number of carbonyl (C=O) groups is 1. The third kappa shape index (κ3) is 24.4. The SMILES string of the molecule is CC.CC.CC.Cc1[nH]c2c(-c3ccc(Cl)cc3Cl)nccc2c(=O)c1C.Cc1ccnc(-c2ccc(Cl)cc2Cl)c1N.Cc1ccnc(-c2ccc(Cl)cc2Cl)c1[N+](=O)[O-].Cc1ccnc(-c2ccc(Cl)cc2Cl)c1[N+](=O)[O-].Cc1ccnc(Cl)c1[N+](=O)[O-].O=C(O)c1ccnc(-c2ccc(Cl)cc2Cl)c1[N+](=O)[O-]. The van der Waals surface area contributed by atoms with Crippen LogP contribution in [0.5, 0.6) is 0 Å². The van der Waals surface area contributed by atoms with E-state index in [9.17, 15) is 50.0 Å². The average Bonchev–Trinajstić information content (AvgIpc) is 0.775. The van der Waals surface area contributed by atoms with Gasteiger partial charge in [-0.05, 0) is 174 Å². The summed E-state index contributed by atoms with van der Waals surface area (Å²) in [6, 6.07) is 33.8. The van der Waals surface area contributed by atoms with Crippen LogP contribution in [0.15, 0.2) is 169 Å². The van der Waals surface area contributed by atoms with Crippen LogP contribution in [0.3, 0.4) is 0 Å². The van der Waals surface area contributed by atoms with E-state index in [1.165, 1.54) is 55.1 Å². The first-order valence-electron chi connectivity index (χ1n) is 32.4. The van der Waals surface area contributed by atoms with E-state index in [1.54, 1.807) is 112 Å². The van der Waals surface area contributed by atoms with Gasteiger partial charge in [0.1, 0.15) is 17.0 Å². The van der Waals surface area contributed by atoms with Crippen molar-refractivity contribution in [2.75, 3.05) is 5.73 Å². The molecule has 0 bridgehead atoms. The molecule has 0 aliphatic heterocycles. The fraction of sp³-hybridized carbons (Fsp3) is 0.158. The van der Waals surface area contributed by atoms with Gasteiger partial charge in [-0.3, -0.25) is 55.2 Å². The highest BCUT2D eigenvalue weighted by molar-refractivity contribution is 6.39. The predicted octanol–water partition coefficient (Wildman–Crippen LogP) is 25.7. The lowest BCUT2D eigenvalue weighted by Crippen LogP contribution is -2.10. The summed E-state index contributed by atoms with van der Waals surface area (Å²) in [7, 11) is 0. The molecule has 0 atom stereocenters. The van der Waals surface area contributed by atoms with Crippen LogP contribution in [-0.2, 0) is 0 Å². The van der Waals surface area contributed by atoms with Crippen LogP contribution >= 0.6 is 128 Å². The van der Waals surface area contributed by atoms with E-state index >= 15 is 0 Å². The fourth-order valence-corrected chi connectivity index (χ4v) is 12.3. The quantitative estimate of drug-likeness (QED) is 0.0650. The van der Waals surface area contributed by atoms with Crippen LogP contribution in [0.2, 0.25) is 55.4 Å². The molecule has 4 N–H and O–H groups in total. The Morgan fingerprint density at radius 3 is 0.991 bits per heavy atom. The number of aromatic nitrogens is 7. The molecular weight excluding hydrogens is 1650 g/mol. The Morgan fingerprint density at radius 2 is 0.664 bits per heavy atom. The Labute approximate surface area is 686 Å². The smallest absolute Gasteiger partial charge is 0.342 e. The summed E-state index contributed by atoms with van der Waals surface area (Å²) >= 11 is 65.0. The van der Waals surface area contributed by atoms with Crippen LogP contribution in [-0.4, -0.2) is 65.7 Å². The van der Waals surface area contributed by atoms with Crippen LogP contribution in [0.4, 0.5) is 28.4 Å². The number of carboxylic acids is 1. The Hall–Kier alpha value is -9.73. The largest absolute Gasteiger partial charge is 0.477 e. The number of nitrogens with zero attached hydrogens (tertiary/aromatic N) is 10. The third-order valence-corrected chi connectivity index (χ3v) is 17.8. The Morgan fingerprint density at radius 1 is 0.382 bits per heavy atom. The number of hydrogen-bond donors (Lipinski definition) is 3. The van der Waals surface area contributed by atoms with Crippen molar-refractivity contribution >= 4 is 173 Å². The second kappa shape index (κ2) is 44.2. The average molecular weight is 1710 g/mol. The molecule has 7 heterocycles. The van der Waals surface area contributed by atoms with Gasteiger partial charge in [-0.1, -0.05) is 169 Å². The summed E-state index contributed by atoms with van der Waals surface area (Å²) in [5.74, 6) is -1.41. The van der Waals surface area contributed by atoms with Crippen molar-refractivity contribution in [2.24, 2.45) is 0 Å². The number of halogens is 11. The summed E-state index contributed by atoms with van der Waals surface area (Å²) in [6.07, 6.45) is 8.98. The maximum absolute atomic E-state index is 12.4. The standard InChI is InChI=1S/C16H12Cl2N2O.C12H6Cl2N2O4.2C12H8Cl2N2O2.C12H10Cl2N2.C6H5ClN2O2.3C2H6/c1-8-9(2)20-15-12(16(8)21)5-6-19-14(15)11-4-3-10(17)7-13(11)18;13-6-1-2-7(9(14)5-6)10-11(16(19)20)8(12(17)18)3-4-15-10;2*1-7-4-5-15-11(12(7)16(17)18)9-3-2-8(13)6-10(9)14;1-7-4-5-16-12(11(7)15)9-3-2-8(13)6-10(9)14;1-4-2-3-8-6(7)5(4)9(10)11;3*1-2/h3-7H,1-2H3,(H,20,21);1-5H,(H,17,18);2*2-6H,1H3;2-6H,15H2,1H3;2-3H,1H3;3*1-2H3. The van der Waals surface area contributed by atoms with Gasteiger partial charge in [0.25, 0.3) is 11.4 Å². The molecule has 0 fully saturated rings. The van der Waals surface area contributed by atoms with Gasteiger partial charge in [0, 0.05) is 123 Å². The lowest BCUT2D eigenvalue weighted by Gasteiger charge is -2.10. The molecule has 0 amide bonds. The topological polar surface area (TPSA) is 346 Å². The highest BCUT2D eigenvalue weighted by Crippen LogP contribution is 2.41. The first kappa shape index (κ1) is 92.7. The molecule has 0 saturated heterocycles. The number of benzene rings is 5. The monoisotopic (exact) mass is 1710 g/mol. The lowest BCUT2D eigenvalue weighted by atomic mass is 10.1. The molecule has 0 spiro atoms. The van der Waals surface area contributed by atoms with Gasteiger partial charge in [0.2, 0.25) is 5.15 Å². The number of nitrogens with two attached hydrogens (primary N) is 1. The van der Waals surface area contributed by atoms with Gasteiger partial charge < -0.3 is 15.8 Å². The van der Waals surface area contributed by atoms with E-state index in [1.807, 2.05) is 74.4 Å². The highest BCUT2D eigenvalue weighted by atomic mass is 35.5. The highest BCUT2D eigenvalue weighted by Gasteiger charge is 2.28. The third-order valence-electron chi connectivity index (χ3n) is 14.8. The minimum absolute atomic E-state index is 0.00925. The number of rotatable bonds is 10. The van der Waals surface area contributed by atoms with Crippen molar-refractivity contribution in [2.45, 2.75) is 83.1 Å². The second-order valence-electron chi connectivity index (χ2n) is 21.6. The van der Waals surface area contributed by atoms with Crippen molar-refractivity contribution in [1.29, 1.82) is 0 Å². The number of nitrogen functional groups attached to an aromatic ring is 1. The molecular formula is C76H67Cl11N12O11. The van der Waals surface area contributed by atoms with Crippen molar-refractivity contribution in [3.63, 3.8) is 0 Å². The normalized spacial score (nSPS) is 10.0. The number of pyridine rings is 7. The van der Waals surface area contributed by atoms with Crippen molar-refractivity contribution < 1.29 is 29.6 Å².